The van der Waals surface area contributed by atoms with Crippen molar-refractivity contribution < 1.29 is 31.7 Å². The lowest BCUT2D eigenvalue weighted by molar-refractivity contribution is -0.869. The summed E-state index contributed by atoms with van der Waals surface area (Å²) in [6.07, 6.45) is 4.27. The molecule has 1 amide bonds. The van der Waals surface area contributed by atoms with E-state index >= 15 is 0 Å². The Morgan fingerprint density at radius 2 is 1.96 bits per heavy atom. The second-order valence-corrected chi connectivity index (χ2v) is 8.43. The van der Waals surface area contributed by atoms with E-state index in [1.165, 1.54) is 17.7 Å². The van der Waals surface area contributed by atoms with E-state index in [4.69, 9.17) is 0 Å². The standard InChI is InChI=1S/C17H25N2OS.BrH.H2O/c1-19(2,3)12-11-17(20)18-13-7-4-5-9-15(13)21-16-10-6-8-14(16)18;;/h4-5,7,9,14,16H,6,8,10-12H2,1-3H3;1H;1H2/q+1;;/p-1. The Labute approximate surface area is 153 Å². The van der Waals surface area contributed by atoms with E-state index in [1.807, 2.05) is 11.8 Å². The maximum atomic E-state index is 12.9. The predicted octanol–water partition coefficient (Wildman–Crippen LogP) is -0.678. The Hall–Kier alpha value is -0.560. The lowest BCUT2D eigenvalue weighted by atomic mass is 10.1. The van der Waals surface area contributed by atoms with Gasteiger partial charge in [-0.05, 0) is 25.0 Å². The summed E-state index contributed by atoms with van der Waals surface area (Å²) in [6, 6.07) is 8.81. The normalized spacial score (nSPS) is 22.5. The fraction of sp³-hybridized carbons (Fsp3) is 0.588. The summed E-state index contributed by atoms with van der Waals surface area (Å²) in [7, 11) is 6.43. The molecule has 0 aromatic heterocycles. The van der Waals surface area contributed by atoms with Gasteiger partial charge >= 0.3 is 0 Å². The first-order valence-electron chi connectivity index (χ1n) is 7.84. The lowest BCUT2D eigenvalue weighted by Crippen LogP contribution is -3.00. The molecular formula is C17H27BrN2O2S. The van der Waals surface area contributed by atoms with Crippen LogP contribution in [0.25, 0.3) is 0 Å². The van der Waals surface area contributed by atoms with Gasteiger partial charge in [-0.15, -0.1) is 11.8 Å². The van der Waals surface area contributed by atoms with Crippen molar-refractivity contribution in [1.29, 1.82) is 0 Å². The van der Waals surface area contributed by atoms with Gasteiger partial charge in [0.25, 0.3) is 0 Å². The van der Waals surface area contributed by atoms with Gasteiger partial charge < -0.3 is 31.8 Å². The number of carbonyl (C=O) groups excluding carboxylic acids is 1. The van der Waals surface area contributed by atoms with Crippen molar-refractivity contribution in [3.05, 3.63) is 24.3 Å². The van der Waals surface area contributed by atoms with Crippen molar-refractivity contribution in [3.8, 4) is 0 Å². The van der Waals surface area contributed by atoms with Crippen LogP contribution in [-0.2, 0) is 4.79 Å². The maximum absolute atomic E-state index is 12.9. The molecule has 1 saturated carbocycles. The molecule has 0 radical (unpaired) electrons. The Balaban J connectivity index is 0.00000132. The number of rotatable bonds is 3. The first-order chi connectivity index (χ1) is 9.96. The van der Waals surface area contributed by atoms with Crippen LogP contribution in [-0.4, -0.2) is 54.8 Å². The molecule has 6 heteroatoms. The highest BCUT2D eigenvalue weighted by Crippen LogP contribution is 2.47. The molecule has 0 saturated heterocycles. The Kier molecular flexibility index (Phi) is 7.13. The van der Waals surface area contributed by atoms with Crippen LogP contribution in [0.3, 0.4) is 0 Å². The van der Waals surface area contributed by atoms with Crippen molar-refractivity contribution in [1.82, 2.24) is 0 Å². The summed E-state index contributed by atoms with van der Waals surface area (Å²) in [5, 5.41) is 0.591. The summed E-state index contributed by atoms with van der Waals surface area (Å²) in [4.78, 5) is 16.3. The minimum absolute atomic E-state index is 0. The van der Waals surface area contributed by atoms with Crippen molar-refractivity contribution in [2.75, 3.05) is 32.6 Å². The van der Waals surface area contributed by atoms with Crippen LogP contribution in [0.5, 0.6) is 0 Å². The highest BCUT2D eigenvalue weighted by molar-refractivity contribution is 8.00. The number of nitrogens with zero attached hydrogens (tertiary/aromatic N) is 2. The number of benzene rings is 1. The van der Waals surface area contributed by atoms with Crippen molar-refractivity contribution in [3.63, 3.8) is 0 Å². The van der Waals surface area contributed by atoms with Gasteiger partial charge in [0.1, 0.15) is 0 Å². The first-order valence-corrected chi connectivity index (χ1v) is 8.72. The number of halogens is 1. The SMILES string of the molecule is C[N+](C)(C)CCC(=O)N1c2ccccc2SC2CCCC21.O.[Br-]. The lowest BCUT2D eigenvalue weighted by Gasteiger charge is -2.39. The van der Waals surface area contributed by atoms with Crippen LogP contribution >= 0.6 is 11.8 Å². The number of fused-ring (bicyclic) bond motifs is 2. The van der Waals surface area contributed by atoms with E-state index in [0.717, 1.165) is 23.1 Å². The summed E-state index contributed by atoms with van der Waals surface area (Å²) in [6.45, 7) is 0.891. The Bertz CT molecular complexity index is 548. The zero-order chi connectivity index (χ0) is 15.0. The highest BCUT2D eigenvalue weighted by atomic mass is 79.9. The fourth-order valence-corrected chi connectivity index (χ4v) is 4.78. The van der Waals surface area contributed by atoms with Gasteiger partial charge in [-0.3, -0.25) is 4.79 Å². The Morgan fingerprint density at radius 1 is 1.26 bits per heavy atom. The molecule has 1 heterocycles. The predicted molar refractivity (Wildman–Crippen MR) is 92.3 cm³/mol. The Morgan fingerprint density at radius 3 is 2.65 bits per heavy atom. The average Bonchev–Trinajstić information content (AvgIpc) is 2.89. The third-order valence-corrected chi connectivity index (χ3v) is 5.87. The van der Waals surface area contributed by atoms with Crippen LogP contribution in [0.4, 0.5) is 5.69 Å². The molecule has 0 spiro atoms. The number of thioether (sulfide) groups is 1. The minimum Gasteiger partial charge on any atom is -1.00 e. The number of para-hydroxylation sites is 1. The van der Waals surface area contributed by atoms with E-state index < -0.39 is 0 Å². The van der Waals surface area contributed by atoms with Crippen molar-refractivity contribution in [2.45, 2.75) is 41.9 Å². The second-order valence-electron chi connectivity index (χ2n) is 7.15. The molecule has 1 aromatic rings. The van der Waals surface area contributed by atoms with E-state index in [1.54, 1.807) is 0 Å². The molecule has 130 valence electrons. The molecule has 1 aliphatic carbocycles. The number of amides is 1. The molecule has 23 heavy (non-hydrogen) atoms. The topological polar surface area (TPSA) is 51.8 Å². The molecule has 2 N–H and O–H groups in total. The monoisotopic (exact) mass is 402 g/mol. The summed E-state index contributed by atoms with van der Waals surface area (Å²) >= 11 is 1.97. The van der Waals surface area contributed by atoms with Crippen LogP contribution in [0, 0.1) is 0 Å². The molecule has 2 atom stereocenters. The largest absolute Gasteiger partial charge is 1.00 e. The number of anilines is 1. The van der Waals surface area contributed by atoms with Gasteiger partial charge in [0, 0.05) is 16.2 Å². The summed E-state index contributed by atoms with van der Waals surface area (Å²) in [5.41, 5.74) is 1.14. The van der Waals surface area contributed by atoms with Gasteiger partial charge in [-0.1, -0.05) is 18.6 Å². The zero-order valence-corrected chi connectivity index (χ0v) is 16.5. The fourth-order valence-electron chi connectivity index (χ4n) is 3.31. The average molecular weight is 403 g/mol. The van der Waals surface area contributed by atoms with Gasteiger partial charge in [0.15, 0.2) is 0 Å². The van der Waals surface area contributed by atoms with Gasteiger partial charge in [-0.25, -0.2) is 0 Å². The number of quaternary nitrogens is 1. The van der Waals surface area contributed by atoms with Gasteiger partial charge in [0.05, 0.1) is 39.8 Å². The molecule has 4 nitrogen and oxygen atoms in total. The second kappa shape index (κ2) is 8.01. The van der Waals surface area contributed by atoms with Gasteiger partial charge in [0.2, 0.25) is 5.91 Å². The van der Waals surface area contributed by atoms with Gasteiger partial charge in [-0.2, -0.15) is 0 Å². The third kappa shape index (κ3) is 4.50. The zero-order valence-electron chi connectivity index (χ0n) is 14.1. The van der Waals surface area contributed by atoms with Crippen LogP contribution < -0.4 is 21.9 Å². The molecule has 2 unspecified atom stereocenters. The van der Waals surface area contributed by atoms with Crippen molar-refractivity contribution in [2.24, 2.45) is 0 Å². The summed E-state index contributed by atoms with van der Waals surface area (Å²) in [5.74, 6) is 0.299. The van der Waals surface area contributed by atoms with E-state index in [0.29, 0.717) is 23.6 Å². The van der Waals surface area contributed by atoms with Crippen LogP contribution in [0.15, 0.2) is 29.2 Å². The summed E-state index contributed by atoms with van der Waals surface area (Å²) < 4.78 is 0.837. The van der Waals surface area contributed by atoms with Crippen molar-refractivity contribution >= 4 is 23.4 Å². The quantitative estimate of drug-likeness (QED) is 0.629. The third-order valence-electron chi connectivity index (χ3n) is 4.42. The minimum atomic E-state index is 0. The molecule has 1 aliphatic heterocycles. The molecule has 2 aliphatic rings. The van der Waals surface area contributed by atoms with E-state index in [9.17, 15) is 4.79 Å². The molecule has 1 fully saturated rings. The maximum Gasteiger partial charge on any atom is 0.232 e. The van der Waals surface area contributed by atoms with E-state index in [2.05, 4.69) is 50.3 Å². The molecule has 3 rings (SSSR count). The highest BCUT2D eigenvalue weighted by Gasteiger charge is 2.40. The molecule has 0 bridgehead atoms. The number of hydrogen-bond acceptors (Lipinski definition) is 2. The first kappa shape index (κ1) is 20.5. The van der Waals surface area contributed by atoms with Crippen LogP contribution in [0.2, 0.25) is 0 Å². The number of hydrogen-bond donors (Lipinski definition) is 0. The van der Waals surface area contributed by atoms with E-state index in [-0.39, 0.29) is 22.5 Å². The molecular weight excluding hydrogens is 376 g/mol. The molecule has 1 aromatic carbocycles. The number of carbonyl (C=O) groups is 1. The smallest absolute Gasteiger partial charge is 0.232 e. The van der Waals surface area contributed by atoms with Crippen LogP contribution in [0.1, 0.15) is 25.7 Å².